The summed E-state index contributed by atoms with van der Waals surface area (Å²) in [6, 6.07) is 1.32. The molecule has 17 heavy (non-hydrogen) atoms. The van der Waals surface area contributed by atoms with Crippen molar-refractivity contribution in [1.29, 1.82) is 0 Å². The second-order valence-electron chi connectivity index (χ2n) is 6.01. The van der Waals surface area contributed by atoms with Crippen LogP contribution in [0.5, 0.6) is 0 Å². The average Bonchev–Trinajstić information content (AvgIpc) is 3.10. The maximum absolute atomic E-state index is 5.41. The van der Waals surface area contributed by atoms with E-state index in [1.807, 2.05) is 7.11 Å². The van der Waals surface area contributed by atoms with Crippen molar-refractivity contribution < 1.29 is 4.74 Å². The third-order valence-electron chi connectivity index (χ3n) is 4.23. The number of nitrogens with zero attached hydrogens (tertiary/aromatic N) is 1. The zero-order valence-corrected chi connectivity index (χ0v) is 11.6. The molecule has 1 saturated heterocycles. The van der Waals surface area contributed by atoms with E-state index in [1.165, 1.54) is 38.9 Å². The number of hydrogen-bond acceptors (Lipinski definition) is 3. The van der Waals surface area contributed by atoms with Crippen LogP contribution in [-0.4, -0.2) is 50.3 Å². The number of rotatable bonds is 5. The van der Waals surface area contributed by atoms with Crippen LogP contribution in [0.15, 0.2) is 0 Å². The lowest BCUT2D eigenvalue weighted by Crippen LogP contribution is -2.47. The minimum absolute atomic E-state index is 0.584. The van der Waals surface area contributed by atoms with E-state index < -0.39 is 0 Å². The van der Waals surface area contributed by atoms with Crippen molar-refractivity contribution in [1.82, 2.24) is 10.2 Å². The Kier molecular flexibility index (Phi) is 4.83. The first-order chi connectivity index (χ1) is 8.22. The highest BCUT2D eigenvalue weighted by atomic mass is 16.5. The molecule has 0 aromatic heterocycles. The molecule has 0 spiro atoms. The predicted molar refractivity (Wildman–Crippen MR) is 71.2 cm³/mol. The fraction of sp³-hybridized carbons (Fsp3) is 1.00. The monoisotopic (exact) mass is 240 g/mol. The summed E-state index contributed by atoms with van der Waals surface area (Å²) in [5.74, 6) is 1.62. The molecule has 2 aliphatic rings. The van der Waals surface area contributed by atoms with Crippen molar-refractivity contribution in [3.63, 3.8) is 0 Å². The van der Waals surface area contributed by atoms with Crippen molar-refractivity contribution in [3.05, 3.63) is 0 Å². The predicted octanol–water partition coefficient (Wildman–Crippen LogP) is 1.73. The van der Waals surface area contributed by atoms with Crippen LogP contribution in [0.2, 0.25) is 0 Å². The van der Waals surface area contributed by atoms with Crippen molar-refractivity contribution in [3.8, 4) is 0 Å². The molecule has 2 fully saturated rings. The highest BCUT2D eigenvalue weighted by molar-refractivity contribution is 4.91. The van der Waals surface area contributed by atoms with Crippen LogP contribution in [0.25, 0.3) is 0 Å². The summed E-state index contributed by atoms with van der Waals surface area (Å²) in [7, 11) is 1.82. The summed E-state index contributed by atoms with van der Waals surface area (Å²) < 4.78 is 5.41. The Morgan fingerprint density at radius 2 is 2.12 bits per heavy atom. The van der Waals surface area contributed by atoms with Crippen molar-refractivity contribution >= 4 is 0 Å². The topological polar surface area (TPSA) is 24.5 Å². The molecule has 100 valence electrons. The third kappa shape index (κ3) is 3.67. The molecule has 0 amide bonds. The summed E-state index contributed by atoms with van der Waals surface area (Å²) in [6.45, 7) is 9.13. The van der Waals surface area contributed by atoms with Gasteiger partial charge in [0.25, 0.3) is 0 Å². The quantitative estimate of drug-likeness (QED) is 0.792. The normalized spacial score (nSPS) is 29.3. The molecule has 0 aromatic carbocycles. The van der Waals surface area contributed by atoms with Gasteiger partial charge in [0, 0.05) is 25.7 Å². The van der Waals surface area contributed by atoms with E-state index in [0.29, 0.717) is 12.0 Å². The number of nitrogens with one attached hydrogen (secondary N) is 1. The molecule has 1 aliphatic carbocycles. The fourth-order valence-corrected chi connectivity index (χ4v) is 2.98. The molecule has 1 heterocycles. The van der Waals surface area contributed by atoms with Gasteiger partial charge in [-0.2, -0.15) is 0 Å². The van der Waals surface area contributed by atoms with Crippen molar-refractivity contribution in [2.75, 3.05) is 33.4 Å². The summed E-state index contributed by atoms with van der Waals surface area (Å²) in [5.41, 5.74) is 0. The van der Waals surface area contributed by atoms with Gasteiger partial charge < -0.3 is 10.1 Å². The molecular formula is C14H28N2O. The molecule has 0 aromatic rings. The van der Waals surface area contributed by atoms with E-state index >= 15 is 0 Å². The Morgan fingerprint density at radius 3 is 2.71 bits per heavy atom. The van der Waals surface area contributed by atoms with Crippen molar-refractivity contribution in [2.24, 2.45) is 11.8 Å². The molecule has 1 saturated carbocycles. The third-order valence-corrected chi connectivity index (χ3v) is 4.23. The Labute approximate surface area is 106 Å². The molecule has 2 atom stereocenters. The highest BCUT2D eigenvalue weighted by Gasteiger charge is 2.35. The van der Waals surface area contributed by atoms with Gasteiger partial charge in [-0.1, -0.05) is 13.8 Å². The van der Waals surface area contributed by atoms with Crippen LogP contribution < -0.4 is 5.32 Å². The van der Waals surface area contributed by atoms with E-state index in [2.05, 4.69) is 24.1 Å². The second kappa shape index (κ2) is 6.17. The largest absolute Gasteiger partial charge is 0.383 e. The lowest BCUT2D eigenvalue weighted by atomic mass is 10.0. The first-order valence-electron chi connectivity index (χ1n) is 7.18. The first kappa shape index (κ1) is 13.3. The summed E-state index contributed by atoms with van der Waals surface area (Å²) in [5, 5.41) is 3.73. The minimum Gasteiger partial charge on any atom is -0.383 e. The molecule has 3 nitrogen and oxygen atoms in total. The summed E-state index contributed by atoms with van der Waals surface area (Å²) in [6.07, 6.45) is 4.14. The van der Waals surface area contributed by atoms with Gasteiger partial charge >= 0.3 is 0 Å². The Morgan fingerprint density at radius 1 is 1.35 bits per heavy atom. The van der Waals surface area contributed by atoms with Crippen LogP contribution >= 0.6 is 0 Å². The van der Waals surface area contributed by atoms with E-state index in [9.17, 15) is 0 Å². The van der Waals surface area contributed by atoms with Crippen LogP contribution in [0, 0.1) is 11.8 Å². The van der Waals surface area contributed by atoms with Gasteiger partial charge in [0.1, 0.15) is 0 Å². The Balaban J connectivity index is 1.95. The van der Waals surface area contributed by atoms with E-state index in [0.717, 1.165) is 18.6 Å². The smallest absolute Gasteiger partial charge is 0.0620 e. The molecule has 0 bridgehead atoms. The van der Waals surface area contributed by atoms with Gasteiger partial charge in [0.15, 0.2) is 0 Å². The standard InChI is InChI=1S/C14H28N2O/c1-11(2)14(10-17-3)16-8-4-7-15-13(9-16)12-5-6-12/h11-15H,4-10H2,1-3H3. The molecule has 1 aliphatic heterocycles. The number of hydrogen-bond donors (Lipinski definition) is 1. The lowest BCUT2D eigenvalue weighted by molar-refractivity contribution is 0.0618. The lowest BCUT2D eigenvalue weighted by Gasteiger charge is -2.34. The Hall–Kier alpha value is -0.120. The summed E-state index contributed by atoms with van der Waals surface area (Å²) in [4.78, 5) is 2.66. The van der Waals surface area contributed by atoms with Crippen LogP contribution in [0.4, 0.5) is 0 Å². The number of methoxy groups -OCH3 is 1. The van der Waals surface area contributed by atoms with Gasteiger partial charge in [-0.05, 0) is 44.2 Å². The van der Waals surface area contributed by atoms with Gasteiger partial charge in [0.05, 0.1) is 6.61 Å². The molecule has 2 rings (SSSR count). The molecular weight excluding hydrogens is 212 g/mol. The molecule has 3 heteroatoms. The van der Waals surface area contributed by atoms with Gasteiger partial charge in [-0.3, -0.25) is 4.90 Å². The zero-order valence-electron chi connectivity index (χ0n) is 11.6. The maximum atomic E-state index is 5.41. The second-order valence-corrected chi connectivity index (χ2v) is 6.01. The zero-order chi connectivity index (χ0) is 12.3. The minimum atomic E-state index is 0.584. The van der Waals surface area contributed by atoms with Crippen LogP contribution in [0.3, 0.4) is 0 Å². The van der Waals surface area contributed by atoms with Gasteiger partial charge in [-0.15, -0.1) is 0 Å². The molecule has 0 radical (unpaired) electrons. The fourth-order valence-electron chi connectivity index (χ4n) is 2.98. The van der Waals surface area contributed by atoms with Crippen molar-refractivity contribution in [2.45, 2.75) is 45.2 Å². The highest BCUT2D eigenvalue weighted by Crippen LogP contribution is 2.34. The van der Waals surface area contributed by atoms with E-state index in [4.69, 9.17) is 4.74 Å². The van der Waals surface area contributed by atoms with Gasteiger partial charge in [0.2, 0.25) is 0 Å². The van der Waals surface area contributed by atoms with Gasteiger partial charge in [-0.25, -0.2) is 0 Å². The van der Waals surface area contributed by atoms with E-state index in [-0.39, 0.29) is 0 Å². The number of ether oxygens (including phenoxy) is 1. The van der Waals surface area contributed by atoms with E-state index in [1.54, 1.807) is 0 Å². The van der Waals surface area contributed by atoms with Crippen LogP contribution in [-0.2, 0) is 4.74 Å². The maximum Gasteiger partial charge on any atom is 0.0620 e. The SMILES string of the molecule is COCC(C(C)C)N1CCCNC(C2CC2)C1. The average molecular weight is 240 g/mol. The molecule has 1 N–H and O–H groups in total. The Bertz CT molecular complexity index is 228. The van der Waals surface area contributed by atoms with Crippen LogP contribution in [0.1, 0.15) is 33.1 Å². The molecule has 2 unspecified atom stereocenters. The summed E-state index contributed by atoms with van der Waals surface area (Å²) >= 11 is 0. The first-order valence-corrected chi connectivity index (χ1v) is 7.18.